The third kappa shape index (κ3) is 3.96. The molecule has 0 saturated carbocycles. The topological polar surface area (TPSA) is 52.3 Å². The Morgan fingerprint density at radius 1 is 1.04 bits per heavy atom. The van der Waals surface area contributed by atoms with Crippen LogP contribution in [-0.2, 0) is 22.6 Å². The maximum atomic E-state index is 12.0. The molecule has 0 atom stereocenters. The Labute approximate surface area is 149 Å². The van der Waals surface area contributed by atoms with Gasteiger partial charge in [-0.1, -0.05) is 59.6 Å². The summed E-state index contributed by atoms with van der Waals surface area (Å²) in [4.78, 5) is 16.1. The van der Waals surface area contributed by atoms with E-state index in [-0.39, 0.29) is 13.0 Å². The van der Waals surface area contributed by atoms with Crippen molar-refractivity contribution in [2.45, 2.75) is 13.0 Å². The average molecular weight is 362 g/mol. The SMILES string of the molecule is O=C(Cc1c(Cl)cccc1Cl)OCc1ncc(-c2ccccc2)o1. The summed E-state index contributed by atoms with van der Waals surface area (Å²) >= 11 is 12.1. The van der Waals surface area contributed by atoms with Gasteiger partial charge in [-0.05, 0) is 12.1 Å². The van der Waals surface area contributed by atoms with Gasteiger partial charge in [0, 0.05) is 21.2 Å². The van der Waals surface area contributed by atoms with E-state index in [1.807, 2.05) is 30.3 Å². The van der Waals surface area contributed by atoms with Gasteiger partial charge in [-0.2, -0.15) is 0 Å². The van der Waals surface area contributed by atoms with Crippen molar-refractivity contribution < 1.29 is 13.9 Å². The first-order valence-corrected chi connectivity index (χ1v) is 7.97. The quantitative estimate of drug-likeness (QED) is 0.604. The number of carbonyl (C=O) groups excluding carboxylic acids is 1. The number of oxazole rings is 1. The number of halogens is 2. The zero-order valence-corrected chi connectivity index (χ0v) is 14.1. The highest BCUT2D eigenvalue weighted by Gasteiger charge is 2.13. The lowest BCUT2D eigenvalue weighted by atomic mass is 10.1. The van der Waals surface area contributed by atoms with Crippen molar-refractivity contribution in [2.24, 2.45) is 0 Å². The van der Waals surface area contributed by atoms with Crippen LogP contribution in [-0.4, -0.2) is 11.0 Å². The molecule has 0 saturated heterocycles. The van der Waals surface area contributed by atoms with E-state index in [1.165, 1.54) is 0 Å². The lowest BCUT2D eigenvalue weighted by Crippen LogP contribution is -2.09. The molecular weight excluding hydrogens is 349 g/mol. The van der Waals surface area contributed by atoms with Gasteiger partial charge in [0.2, 0.25) is 5.89 Å². The van der Waals surface area contributed by atoms with Crippen LogP contribution in [0.25, 0.3) is 11.3 Å². The average Bonchev–Trinajstić information content (AvgIpc) is 3.06. The summed E-state index contributed by atoms with van der Waals surface area (Å²) in [5.74, 6) is 0.493. The summed E-state index contributed by atoms with van der Waals surface area (Å²) in [5, 5.41) is 0.865. The van der Waals surface area contributed by atoms with E-state index in [1.54, 1.807) is 24.4 Å². The van der Waals surface area contributed by atoms with Crippen molar-refractivity contribution in [1.29, 1.82) is 0 Å². The Balaban J connectivity index is 1.60. The van der Waals surface area contributed by atoms with E-state index in [9.17, 15) is 4.79 Å². The van der Waals surface area contributed by atoms with Gasteiger partial charge in [0.05, 0.1) is 12.6 Å². The number of nitrogens with zero attached hydrogens (tertiary/aromatic N) is 1. The molecule has 0 radical (unpaired) electrons. The van der Waals surface area contributed by atoms with E-state index in [4.69, 9.17) is 32.4 Å². The van der Waals surface area contributed by atoms with Gasteiger partial charge >= 0.3 is 5.97 Å². The molecule has 0 aliphatic rings. The highest BCUT2D eigenvalue weighted by Crippen LogP contribution is 2.25. The van der Waals surface area contributed by atoms with Crippen LogP contribution in [0.3, 0.4) is 0 Å². The van der Waals surface area contributed by atoms with E-state index < -0.39 is 5.97 Å². The maximum absolute atomic E-state index is 12.0. The van der Waals surface area contributed by atoms with Crippen molar-refractivity contribution in [2.75, 3.05) is 0 Å². The Bertz CT molecular complexity index is 826. The van der Waals surface area contributed by atoms with E-state index in [0.29, 0.717) is 27.3 Å². The standard InChI is InChI=1S/C18H13Cl2NO3/c19-14-7-4-8-15(20)13(14)9-18(22)23-11-17-21-10-16(24-17)12-5-2-1-3-6-12/h1-8,10H,9,11H2. The minimum Gasteiger partial charge on any atom is -0.455 e. The summed E-state index contributed by atoms with van der Waals surface area (Å²) in [5.41, 5.74) is 1.45. The van der Waals surface area contributed by atoms with Crippen molar-refractivity contribution in [1.82, 2.24) is 4.98 Å². The smallest absolute Gasteiger partial charge is 0.310 e. The molecule has 0 spiro atoms. The van der Waals surface area contributed by atoms with Gasteiger partial charge in [-0.3, -0.25) is 4.79 Å². The van der Waals surface area contributed by atoms with Gasteiger partial charge in [0.15, 0.2) is 12.4 Å². The molecule has 122 valence electrons. The Morgan fingerprint density at radius 3 is 2.46 bits per heavy atom. The predicted molar refractivity (Wildman–Crippen MR) is 91.9 cm³/mol. The Hall–Kier alpha value is -2.30. The molecule has 0 aliphatic carbocycles. The lowest BCUT2D eigenvalue weighted by molar-refractivity contribution is -0.144. The van der Waals surface area contributed by atoms with Crippen LogP contribution < -0.4 is 0 Å². The van der Waals surface area contributed by atoms with Gasteiger partial charge in [0.1, 0.15) is 0 Å². The van der Waals surface area contributed by atoms with Crippen molar-refractivity contribution in [3.05, 3.63) is 76.2 Å². The first-order valence-electron chi connectivity index (χ1n) is 7.22. The zero-order chi connectivity index (χ0) is 16.9. The number of hydrogen-bond donors (Lipinski definition) is 0. The molecule has 6 heteroatoms. The molecule has 3 rings (SSSR count). The third-order valence-corrected chi connectivity index (χ3v) is 4.06. The fourth-order valence-corrected chi connectivity index (χ4v) is 2.68. The third-order valence-electron chi connectivity index (χ3n) is 3.35. The number of benzene rings is 2. The molecular formula is C18H13Cl2NO3. The molecule has 1 aromatic heterocycles. The van der Waals surface area contributed by atoms with Crippen LogP contribution in [0.2, 0.25) is 10.0 Å². The van der Waals surface area contributed by atoms with Crippen molar-refractivity contribution in [3.63, 3.8) is 0 Å². The van der Waals surface area contributed by atoms with Gasteiger partial charge < -0.3 is 9.15 Å². The molecule has 3 aromatic rings. The number of hydrogen-bond acceptors (Lipinski definition) is 4. The normalized spacial score (nSPS) is 10.6. The van der Waals surface area contributed by atoms with Crippen LogP contribution in [0, 0.1) is 0 Å². The zero-order valence-electron chi connectivity index (χ0n) is 12.5. The molecule has 2 aromatic carbocycles. The molecule has 0 N–H and O–H groups in total. The Morgan fingerprint density at radius 2 is 1.75 bits per heavy atom. The summed E-state index contributed by atoms with van der Waals surface area (Å²) in [6, 6.07) is 14.6. The molecule has 0 aliphatic heterocycles. The monoisotopic (exact) mass is 361 g/mol. The van der Waals surface area contributed by atoms with Crippen LogP contribution in [0.5, 0.6) is 0 Å². The largest absolute Gasteiger partial charge is 0.455 e. The fraction of sp³-hybridized carbons (Fsp3) is 0.111. The highest BCUT2D eigenvalue weighted by atomic mass is 35.5. The molecule has 1 heterocycles. The fourth-order valence-electron chi connectivity index (χ4n) is 2.15. The Kier molecular flexibility index (Phi) is 5.18. The van der Waals surface area contributed by atoms with Gasteiger partial charge in [-0.15, -0.1) is 0 Å². The maximum Gasteiger partial charge on any atom is 0.310 e. The predicted octanol–water partition coefficient (Wildman–Crippen LogP) is 4.93. The summed E-state index contributed by atoms with van der Waals surface area (Å²) in [6.45, 7) is -0.0479. The molecule has 0 bridgehead atoms. The van der Waals surface area contributed by atoms with E-state index >= 15 is 0 Å². The van der Waals surface area contributed by atoms with Crippen LogP contribution in [0.4, 0.5) is 0 Å². The molecule has 0 amide bonds. The minimum absolute atomic E-state index is 0.00917. The van der Waals surface area contributed by atoms with Crippen LogP contribution >= 0.6 is 23.2 Å². The second kappa shape index (κ2) is 7.51. The second-order valence-corrected chi connectivity index (χ2v) is 5.84. The summed E-state index contributed by atoms with van der Waals surface area (Å²) < 4.78 is 10.8. The first kappa shape index (κ1) is 16.6. The van der Waals surface area contributed by atoms with Gasteiger partial charge in [0.25, 0.3) is 0 Å². The number of ether oxygens (including phenoxy) is 1. The second-order valence-electron chi connectivity index (χ2n) is 5.02. The van der Waals surface area contributed by atoms with Crippen LogP contribution in [0.15, 0.2) is 59.1 Å². The molecule has 0 fully saturated rings. The first-order chi connectivity index (χ1) is 11.6. The van der Waals surface area contributed by atoms with E-state index in [2.05, 4.69) is 4.98 Å². The number of esters is 1. The number of rotatable bonds is 5. The lowest BCUT2D eigenvalue weighted by Gasteiger charge is -2.06. The van der Waals surface area contributed by atoms with Crippen molar-refractivity contribution in [3.8, 4) is 11.3 Å². The molecule has 4 nitrogen and oxygen atoms in total. The number of carbonyl (C=O) groups is 1. The summed E-state index contributed by atoms with van der Waals surface area (Å²) in [7, 11) is 0. The van der Waals surface area contributed by atoms with Crippen molar-refractivity contribution >= 4 is 29.2 Å². The minimum atomic E-state index is -0.454. The van der Waals surface area contributed by atoms with Crippen LogP contribution in [0.1, 0.15) is 11.5 Å². The van der Waals surface area contributed by atoms with Gasteiger partial charge in [-0.25, -0.2) is 4.98 Å². The summed E-state index contributed by atoms with van der Waals surface area (Å²) in [6.07, 6.45) is 1.59. The molecule has 24 heavy (non-hydrogen) atoms. The highest BCUT2D eigenvalue weighted by molar-refractivity contribution is 6.36. The number of aromatic nitrogens is 1. The van der Waals surface area contributed by atoms with E-state index in [0.717, 1.165) is 5.56 Å². The molecule has 0 unspecified atom stereocenters.